The average Bonchev–Trinajstić information content (AvgIpc) is 2.94. The van der Waals surface area contributed by atoms with E-state index in [0.717, 1.165) is 16.9 Å². The van der Waals surface area contributed by atoms with Crippen LogP contribution in [0, 0.1) is 5.92 Å². The van der Waals surface area contributed by atoms with Crippen molar-refractivity contribution in [2.75, 3.05) is 6.54 Å². The van der Waals surface area contributed by atoms with Crippen molar-refractivity contribution in [2.45, 2.75) is 32.1 Å². The van der Waals surface area contributed by atoms with Crippen LogP contribution in [0.5, 0.6) is 0 Å². The Labute approximate surface area is 118 Å². The van der Waals surface area contributed by atoms with Crippen molar-refractivity contribution in [3.63, 3.8) is 0 Å². The highest BCUT2D eigenvalue weighted by atomic mass is 19.4. The molecule has 0 aliphatic carbocycles. The highest BCUT2D eigenvalue weighted by Gasteiger charge is 2.39. The van der Waals surface area contributed by atoms with Gasteiger partial charge in [-0.15, -0.1) is 0 Å². The maximum atomic E-state index is 12.4. The molecule has 1 aliphatic heterocycles. The lowest BCUT2D eigenvalue weighted by atomic mass is 10.0. The van der Waals surface area contributed by atoms with E-state index in [4.69, 9.17) is 5.11 Å². The van der Waals surface area contributed by atoms with E-state index in [1.54, 1.807) is 6.92 Å². The highest BCUT2D eigenvalue weighted by Crippen LogP contribution is 2.27. The molecule has 2 rings (SSSR count). The van der Waals surface area contributed by atoms with Gasteiger partial charge in [-0.3, -0.25) is 9.48 Å². The van der Waals surface area contributed by atoms with Crippen LogP contribution in [0.4, 0.5) is 13.2 Å². The molecule has 9 heteroatoms. The standard InChI is InChI=1S/C12H14F3N3O3/c1-7-2-5-18(10(7)11(20)21)9(19)6-17-4-3-8(16-17)12(13,14)15/h3-4,7,10H,2,5-6H2,1H3,(H,20,21). The average molecular weight is 305 g/mol. The molecule has 1 aromatic heterocycles. The zero-order valence-corrected chi connectivity index (χ0v) is 11.2. The van der Waals surface area contributed by atoms with E-state index in [1.165, 1.54) is 4.90 Å². The lowest BCUT2D eigenvalue weighted by Gasteiger charge is -2.23. The third kappa shape index (κ3) is 3.17. The number of carbonyl (C=O) groups excluding carboxylic acids is 1. The van der Waals surface area contributed by atoms with Crippen LogP contribution in [0.15, 0.2) is 12.3 Å². The van der Waals surface area contributed by atoms with E-state index < -0.39 is 36.3 Å². The van der Waals surface area contributed by atoms with Crippen LogP contribution in [0.1, 0.15) is 19.0 Å². The number of carboxylic acids is 1. The van der Waals surface area contributed by atoms with Gasteiger partial charge < -0.3 is 10.0 Å². The number of nitrogens with zero attached hydrogens (tertiary/aromatic N) is 3. The van der Waals surface area contributed by atoms with E-state index in [0.29, 0.717) is 6.42 Å². The molecular weight excluding hydrogens is 291 g/mol. The van der Waals surface area contributed by atoms with Gasteiger partial charge in [-0.1, -0.05) is 6.92 Å². The van der Waals surface area contributed by atoms with Crippen molar-refractivity contribution in [3.8, 4) is 0 Å². The number of rotatable bonds is 3. The fourth-order valence-electron chi connectivity index (χ4n) is 2.43. The molecule has 116 valence electrons. The first-order valence-electron chi connectivity index (χ1n) is 6.33. The summed E-state index contributed by atoms with van der Waals surface area (Å²) in [6.45, 7) is 1.60. The van der Waals surface area contributed by atoms with Crippen LogP contribution in [0.3, 0.4) is 0 Å². The summed E-state index contributed by atoms with van der Waals surface area (Å²) in [6, 6.07) is -0.163. The molecule has 0 saturated carbocycles. The molecule has 0 radical (unpaired) electrons. The summed E-state index contributed by atoms with van der Waals surface area (Å²) in [5, 5.41) is 12.4. The zero-order chi connectivity index (χ0) is 15.8. The van der Waals surface area contributed by atoms with Gasteiger partial charge in [0.25, 0.3) is 0 Å². The molecule has 1 aromatic rings. The van der Waals surface area contributed by atoms with Crippen LogP contribution in [0.2, 0.25) is 0 Å². The van der Waals surface area contributed by atoms with Crippen molar-refractivity contribution in [2.24, 2.45) is 5.92 Å². The Hall–Kier alpha value is -2.06. The van der Waals surface area contributed by atoms with Gasteiger partial charge in [0.05, 0.1) is 0 Å². The molecule has 0 spiro atoms. The zero-order valence-electron chi connectivity index (χ0n) is 11.2. The number of amides is 1. The fourth-order valence-corrected chi connectivity index (χ4v) is 2.43. The van der Waals surface area contributed by atoms with Crippen LogP contribution in [-0.2, 0) is 22.3 Å². The summed E-state index contributed by atoms with van der Waals surface area (Å²) >= 11 is 0. The number of hydrogen-bond acceptors (Lipinski definition) is 3. The predicted octanol–water partition coefficient (Wildman–Crippen LogP) is 1.22. The van der Waals surface area contributed by atoms with Gasteiger partial charge in [0.15, 0.2) is 5.69 Å². The molecule has 1 aliphatic rings. The van der Waals surface area contributed by atoms with Gasteiger partial charge in [-0.2, -0.15) is 18.3 Å². The Morgan fingerprint density at radius 1 is 1.48 bits per heavy atom. The molecule has 2 atom stereocenters. The number of likely N-dealkylation sites (tertiary alicyclic amines) is 1. The van der Waals surface area contributed by atoms with E-state index in [2.05, 4.69) is 5.10 Å². The predicted molar refractivity (Wildman–Crippen MR) is 64.1 cm³/mol. The van der Waals surface area contributed by atoms with Crippen molar-refractivity contribution in [3.05, 3.63) is 18.0 Å². The number of halogens is 3. The Bertz CT molecular complexity index is 555. The minimum Gasteiger partial charge on any atom is -0.480 e. The smallest absolute Gasteiger partial charge is 0.435 e. The minimum atomic E-state index is -4.57. The van der Waals surface area contributed by atoms with Crippen molar-refractivity contribution < 1.29 is 27.9 Å². The number of aromatic nitrogens is 2. The maximum absolute atomic E-state index is 12.4. The van der Waals surface area contributed by atoms with Crippen LogP contribution < -0.4 is 0 Å². The Balaban J connectivity index is 2.08. The van der Waals surface area contributed by atoms with E-state index in [-0.39, 0.29) is 12.5 Å². The second kappa shape index (κ2) is 5.38. The second-order valence-corrected chi connectivity index (χ2v) is 5.03. The first-order chi connectivity index (χ1) is 9.70. The monoisotopic (exact) mass is 305 g/mol. The molecule has 1 saturated heterocycles. The molecule has 1 fully saturated rings. The SMILES string of the molecule is CC1CCN(C(=O)Cn2ccc(C(F)(F)F)n2)C1C(=O)O. The molecule has 1 N–H and O–H groups in total. The first-order valence-corrected chi connectivity index (χ1v) is 6.33. The molecular formula is C12H14F3N3O3. The molecule has 21 heavy (non-hydrogen) atoms. The summed E-state index contributed by atoms with van der Waals surface area (Å²) < 4.78 is 38.1. The Morgan fingerprint density at radius 3 is 2.67 bits per heavy atom. The Morgan fingerprint density at radius 2 is 2.14 bits per heavy atom. The molecule has 2 unspecified atom stereocenters. The van der Waals surface area contributed by atoms with Crippen LogP contribution in [-0.4, -0.2) is 44.3 Å². The molecule has 0 bridgehead atoms. The third-order valence-corrected chi connectivity index (χ3v) is 3.50. The van der Waals surface area contributed by atoms with Gasteiger partial charge in [0.2, 0.25) is 5.91 Å². The summed E-state index contributed by atoms with van der Waals surface area (Å²) in [7, 11) is 0. The van der Waals surface area contributed by atoms with Crippen molar-refractivity contribution in [1.82, 2.24) is 14.7 Å². The molecule has 1 amide bonds. The molecule has 0 aromatic carbocycles. The Kier molecular flexibility index (Phi) is 3.93. The number of carbonyl (C=O) groups is 2. The lowest BCUT2D eigenvalue weighted by molar-refractivity contribution is -0.149. The van der Waals surface area contributed by atoms with Crippen LogP contribution in [0.25, 0.3) is 0 Å². The largest absolute Gasteiger partial charge is 0.480 e. The third-order valence-electron chi connectivity index (χ3n) is 3.50. The topological polar surface area (TPSA) is 75.4 Å². The van der Waals surface area contributed by atoms with Gasteiger partial charge in [-0.25, -0.2) is 4.79 Å². The van der Waals surface area contributed by atoms with Gasteiger partial charge >= 0.3 is 12.1 Å². The summed E-state index contributed by atoms with van der Waals surface area (Å²) in [5.74, 6) is -1.84. The number of hydrogen-bond donors (Lipinski definition) is 1. The number of carboxylic acid groups (broad SMARTS) is 1. The maximum Gasteiger partial charge on any atom is 0.435 e. The van der Waals surface area contributed by atoms with Crippen molar-refractivity contribution in [1.29, 1.82) is 0 Å². The quantitative estimate of drug-likeness (QED) is 0.911. The van der Waals surface area contributed by atoms with E-state index in [1.807, 2.05) is 0 Å². The van der Waals surface area contributed by atoms with Gasteiger partial charge in [0.1, 0.15) is 12.6 Å². The minimum absolute atomic E-state index is 0.185. The lowest BCUT2D eigenvalue weighted by Crippen LogP contribution is -2.44. The summed E-state index contributed by atoms with van der Waals surface area (Å²) in [4.78, 5) is 24.4. The normalized spacial score (nSPS) is 22.6. The van der Waals surface area contributed by atoms with E-state index in [9.17, 15) is 22.8 Å². The van der Waals surface area contributed by atoms with Crippen molar-refractivity contribution >= 4 is 11.9 Å². The van der Waals surface area contributed by atoms with E-state index >= 15 is 0 Å². The molecule has 6 nitrogen and oxygen atoms in total. The second-order valence-electron chi connectivity index (χ2n) is 5.03. The van der Waals surface area contributed by atoms with Crippen LogP contribution >= 0.6 is 0 Å². The fraction of sp³-hybridized carbons (Fsp3) is 0.583. The van der Waals surface area contributed by atoms with Gasteiger partial charge in [-0.05, 0) is 18.4 Å². The first kappa shape index (κ1) is 15.3. The van der Waals surface area contributed by atoms with Gasteiger partial charge in [0, 0.05) is 12.7 Å². The molecule has 2 heterocycles. The highest BCUT2D eigenvalue weighted by molar-refractivity contribution is 5.84. The number of aliphatic carboxylic acids is 1. The summed E-state index contributed by atoms with van der Waals surface area (Å²) in [5.41, 5.74) is -1.08. The number of alkyl halides is 3. The summed E-state index contributed by atoms with van der Waals surface area (Å²) in [6.07, 6.45) is -2.97.